The smallest absolute Gasteiger partial charge is 0.189 e. The summed E-state index contributed by atoms with van der Waals surface area (Å²) in [5.74, 6) is 0.467. The second-order valence-electron chi connectivity index (χ2n) is 6.40. The molecule has 3 aromatic heterocycles. The van der Waals surface area contributed by atoms with E-state index in [-0.39, 0.29) is 12.2 Å². The molecule has 0 saturated heterocycles. The summed E-state index contributed by atoms with van der Waals surface area (Å²) in [5, 5.41) is 8.27. The molecule has 1 aromatic carbocycles. The lowest BCUT2D eigenvalue weighted by atomic mass is 10.1. The summed E-state index contributed by atoms with van der Waals surface area (Å²) >= 11 is 0. The highest BCUT2D eigenvalue weighted by atomic mass is 16.5. The molecule has 6 heteroatoms. The van der Waals surface area contributed by atoms with Crippen molar-refractivity contribution in [1.29, 1.82) is 0 Å². The molecule has 0 atom stereocenters. The predicted octanol–water partition coefficient (Wildman–Crippen LogP) is 3.72. The lowest BCUT2D eigenvalue weighted by molar-refractivity contribution is 0.0984. The molecule has 0 spiro atoms. The van der Waals surface area contributed by atoms with Crippen LogP contribution in [0.2, 0.25) is 0 Å². The first-order valence-corrected chi connectivity index (χ1v) is 8.65. The van der Waals surface area contributed by atoms with Crippen molar-refractivity contribution in [3.8, 4) is 11.3 Å². The number of aryl methyl sites for hydroxylation is 1. The van der Waals surface area contributed by atoms with Crippen LogP contribution in [0.3, 0.4) is 0 Å². The number of aromatic nitrogens is 4. The standard InChI is InChI=1S/C21H18N4O2/c1-15-11-22-8-7-18(15)21-10-19(24-27-21)20(26)9-17-12-23-25(14-17)13-16-5-3-2-4-6-16/h2-8,10-12,14H,9,13H2,1H3. The number of pyridine rings is 1. The van der Waals surface area contributed by atoms with E-state index in [2.05, 4.69) is 15.2 Å². The first-order chi connectivity index (χ1) is 13.2. The van der Waals surface area contributed by atoms with Gasteiger partial charge in [0.2, 0.25) is 0 Å². The van der Waals surface area contributed by atoms with E-state index < -0.39 is 0 Å². The van der Waals surface area contributed by atoms with Crippen LogP contribution in [0.25, 0.3) is 11.3 Å². The molecular weight excluding hydrogens is 340 g/mol. The molecule has 0 aliphatic rings. The summed E-state index contributed by atoms with van der Waals surface area (Å²) in [6.45, 7) is 2.61. The molecule has 0 radical (unpaired) electrons. The normalized spacial score (nSPS) is 10.9. The molecule has 3 heterocycles. The van der Waals surface area contributed by atoms with E-state index in [1.807, 2.05) is 54.2 Å². The van der Waals surface area contributed by atoms with Gasteiger partial charge in [-0.25, -0.2) is 0 Å². The molecule has 0 fully saturated rings. The predicted molar refractivity (Wildman–Crippen MR) is 100 cm³/mol. The van der Waals surface area contributed by atoms with Gasteiger partial charge in [-0.15, -0.1) is 0 Å². The van der Waals surface area contributed by atoms with Crippen LogP contribution in [0, 0.1) is 6.92 Å². The highest BCUT2D eigenvalue weighted by Gasteiger charge is 2.16. The highest BCUT2D eigenvalue weighted by Crippen LogP contribution is 2.23. The fraction of sp³-hybridized carbons (Fsp3) is 0.143. The SMILES string of the molecule is Cc1cnccc1-c1cc(C(=O)Cc2cnn(Cc3ccccc3)c2)no1. The molecule has 0 N–H and O–H groups in total. The molecule has 6 nitrogen and oxygen atoms in total. The maximum absolute atomic E-state index is 12.5. The third-order valence-electron chi connectivity index (χ3n) is 4.32. The van der Waals surface area contributed by atoms with Crippen molar-refractivity contribution >= 4 is 5.78 Å². The number of hydrogen-bond donors (Lipinski definition) is 0. The Morgan fingerprint density at radius 1 is 1.11 bits per heavy atom. The Kier molecular flexibility index (Phi) is 4.61. The lowest BCUT2D eigenvalue weighted by Crippen LogP contribution is -2.03. The number of nitrogens with zero attached hydrogens (tertiary/aromatic N) is 4. The van der Waals surface area contributed by atoms with Gasteiger partial charge in [0, 0.05) is 36.6 Å². The first kappa shape index (κ1) is 16.9. The second kappa shape index (κ2) is 7.37. The largest absolute Gasteiger partial charge is 0.356 e. The molecule has 0 unspecified atom stereocenters. The van der Waals surface area contributed by atoms with Crippen LogP contribution >= 0.6 is 0 Å². The summed E-state index contributed by atoms with van der Waals surface area (Å²) in [5.41, 5.74) is 4.17. The van der Waals surface area contributed by atoms with Crippen LogP contribution in [0.1, 0.15) is 27.2 Å². The van der Waals surface area contributed by atoms with Gasteiger partial charge in [0.05, 0.1) is 12.7 Å². The number of carbonyl (C=O) groups excluding carboxylic acids is 1. The molecule has 134 valence electrons. The van der Waals surface area contributed by atoms with E-state index in [4.69, 9.17) is 4.52 Å². The van der Waals surface area contributed by atoms with Gasteiger partial charge < -0.3 is 4.52 Å². The summed E-state index contributed by atoms with van der Waals surface area (Å²) in [6, 6.07) is 13.6. The zero-order chi connectivity index (χ0) is 18.6. The van der Waals surface area contributed by atoms with E-state index in [9.17, 15) is 4.79 Å². The third-order valence-corrected chi connectivity index (χ3v) is 4.32. The van der Waals surface area contributed by atoms with Gasteiger partial charge in [-0.2, -0.15) is 5.10 Å². The van der Waals surface area contributed by atoms with Crippen molar-refractivity contribution in [3.05, 3.63) is 89.6 Å². The minimum atomic E-state index is -0.101. The zero-order valence-corrected chi connectivity index (χ0v) is 14.9. The second-order valence-corrected chi connectivity index (χ2v) is 6.40. The van der Waals surface area contributed by atoms with Gasteiger partial charge in [-0.1, -0.05) is 35.5 Å². The topological polar surface area (TPSA) is 73.8 Å². The Labute approximate surface area is 156 Å². The van der Waals surface area contributed by atoms with E-state index >= 15 is 0 Å². The fourth-order valence-electron chi connectivity index (χ4n) is 2.91. The minimum Gasteiger partial charge on any atom is -0.356 e. The van der Waals surface area contributed by atoms with E-state index in [0.717, 1.165) is 22.3 Å². The Balaban J connectivity index is 1.45. The van der Waals surface area contributed by atoms with Crippen LogP contribution in [-0.4, -0.2) is 25.7 Å². The minimum absolute atomic E-state index is 0.101. The van der Waals surface area contributed by atoms with Gasteiger partial charge in [0.25, 0.3) is 0 Å². The average Bonchev–Trinajstić information content (AvgIpc) is 3.33. The molecular formula is C21H18N4O2. The quantitative estimate of drug-likeness (QED) is 0.491. The maximum Gasteiger partial charge on any atom is 0.189 e. The van der Waals surface area contributed by atoms with Crippen LogP contribution in [-0.2, 0) is 13.0 Å². The number of hydrogen-bond acceptors (Lipinski definition) is 5. The number of Topliss-reactive ketones (excluding diaryl/α,β-unsaturated/α-hetero) is 1. The summed E-state index contributed by atoms with van der Waals surface area (Å²) < 4.78 is 7.18. The monoisotopic (exact) mass is 358 g/mol. The van der Waals surface area contributed by atoms with Crippen molar-refractivity contribution in [3.63, 3.8) is 0 Å². The summed E-state index contributed by atoms with van der Waals surface area (Å²) in [6.07, 6.45) is 7.28. The molecule has 4 rings (SSSR count). The average molecular weight is 358 g/mol. The van der Waals surface area contributed by atoms with Gasteiger partial charge >= 0.3 is 0 Å². The summed E-state index contributed by atoms with van der Waals surface area (Å²) in [7, 11) is 0. The third kappa shape index (κ3) is 3.84. The number of carbonyl (C=O) groups is 1. The molecule has 0 saturated carbocycles. The van der Waals surface area contributed by atoms with Crippen LogP contribution in [0.4, 0.5) is 0 Å². The van der Waals surface area contributed by atoms with Crippen LogP contribution < -0.4 is 0 Å². The molecule has 0 aliphatic carbocycles. The Bertz CT molecular complexity index is 1070. The maximum atomic E-state index is 12.5. The number of ketones is 1. The number of rotatable bonds is 6. The molecule has 0 amide bonds. The van der Waals surface area contributed by atoms with Gasteiger partial charge in [0.1, 0.15) is 0 Å². The van der Waals surface area contributed by atoms with Crippen LogP contribution in [0.15, 0.2) is 71.8 Å². The van der Waals surface area contributed by atoms with Gasteiger partial charge in [-0.05, 0) is 29.7 Å². The summed E-state index contributed by atoms with van der Waals surface area (Å²) in [4.78, 5) is 16.6. The first-order valence-electron chi connectivity index (χ1n) is 8.65. The van der Waals surface area contributed by atoms with Crippen molar-refractivity contribution in [2.24, 2.45) is 0 Å². The highest BCUT2D eigenvalue weighted by molar-refractivity contribution is 5.96. The lowest BCUT2D eigenvalue weighted by Gasteiger charge is -2.00. The van der Waals surface area contributed by atoms with Crippen molar-refractivity contribution < 1.29 is 9.32 Å². The van der Waals surface area contributed by atoms with E-state index in [0.29, 0.717) is 18.0 Å². The van der Waals surface area contributed by atoms with E-state index in [1.165, 1.54) is 0 Å². The van der Waals surface area contributed by atoms with Crippen molar-refractivity contribution in [1.82, 2.24) is 19.9 Å². The Morgan fingerprint density at radius 2 is 1.96 bits per heavy atom. The molecule has 27 heavy (non-hydrogen) atoms. The molecule has 0 aliphatic heterocycles. The fourth-order valence-corrected chi connectivity index (χ4v) is 2.91. The Morgan fingerprint density at radius 3 is 2.78 bits per heavy atom. The van der Waals surface area contributed by atoms with E-state index in [1.54, 1.807) is 24.7 Å². The van der Waals surface area contributed by atoms with Gasteiger partial charge in [-0.3, -0.25) is 14.5 Å². The zero-order valence-electron chi connectivity index (χ0n) is 14.9. The van der Waals surface area contributed by atoms with Crippen LogP contribution in [0.5, 0.6) is 0 Å². The van der Waals surface area contributed by atoms with Crippen molar-refractivity contribution in [2.45, 2.75) is 19.9 Å². The number of benzene rings is 1. The molecule has 4 aromatic rings. The Hall–Kier alpha value is -3.54. The van der Waals surface area contributed by atoms with Gasteiger partial charge in [0.15, 0.2) is 17.2 Å². The molecule has 0 bridgehead atoms. The van der Waals surface area contributed by atoms with Crippen molar-refractivity contribution in [2.75, 3.05) is 0 Å².